The molecule has 0 radical (unpaired) electrons. The van der Waals surface area contributed by atoms with Gasteiger partial charge in [0.2, 0.25) is 5.90 Å². The second kappa shape index (κ2) is 13.3. The van der Waals surface area contributed by atoms with Crippen molar-refractivity contribution in [2.24, 2.45) is 4.99 Å². The molecule has 2 aliphatic heterocycles. The number of amides is 1. The summed E-state index contributed by atoms with van der Waals surface area (Å²) < 4.78 is 14.2. The number of hydrazine groups is 1. The van der Waals surface area contributed by atoms with Crippen LogP contribution >= 0.6 is 31.9 Å². The molecule has 0 aliphatic carbocycles. The molecule has 0 aromatic heterocycles. The van der Waals surface area contributed by atoms with E-state index < -0.39 is 11.6 Å². The van der Waals surface area contributed by atoms with Crippen molar-refractivity contribution in [2.45, 2.75) is 43.7 Å². The zero-order valence-corrected chi connectivity index (χ0v) is 25.4. The number of benzene rings is 3. The van der Waals surface area contributed by atoms with Gasteiger partial charge in [0.1, 0.15) is 5.75 Å². The van der Waals surface area contributed by atoms with E-state index in [1.54, 1.807) is 0 Å². The summed E-state index contributed by atoms with van der Waals surface area (Å²) in [6.45, 7) is 2.15. The van der Waals surface area contributed by atoms with Crippen LogP contribution in [0, 0.1) is 0 Å². The highest BCUT2D eigenvalue weighted by molar-refractivity contribution is 9.10. The third-order valence-electron chi connectivity index (χ3n) is 7.22. The smallest absolute Gasteiger partial charge is 0.266 e. The molecule has 7 nitrogen and oxygen atoms in total. The average Bonchev–Trinajstić information content (AvgIpc) is 3.36. The Kier molecular flexibility index (Phi) is 9.57. The number of halogens is 2. The molecule has 2 atom stereocenters. The van der Waals surface area contributed by atoms with E-state index in [2.05, 4.69) is 37.3 Å². The van der Waals surface area contributed by atoms with Crippen LogP contribution in [0.3, 0.4) is 0 Å². The van der Waals surface area contributed by atoms with Gasteiger partial charge in [0.05, 0.1) is 6.61 Å². The van der Waals surface area contributed by atoms with Crippen LogP contribution in [0.1, 0.15) is 48.5 Å². The molecule has 0 bridgehead atoms. The topological polar surface area (TPSA) is 83.4 Å². The highest BCUT2D eigenvalue weighted by atomic mass is 79.9. The van der Waals surface area contributed by atoms with Gasteiger partial charge < -0.3 is 14.6 Å². The molecule has 2 aliphatic rings. The third kappa shape index (κ3) is 6.60. The van der Waals surface area contributed by atoms with Gasteiger partial charge in [0.25, 0.3) is 5.91 Å². The molecule has 3 aromatic rings. The van der Waals surface area contributed by atoms with Crippen LogP contribution in [-0.2, 0) is 16.0 Å². The lowest BCUT2D eigenvalue weighted by molar-refractivity contribution is -0.134. The summed E-state index contributed by atoms with van der Waals surface area (Å²) in [5.74, 6) is 0.924. The monoisotopic (exact) mass is 669 g/mol. The van der Waals surface area contributed by atoms with Gasteiger partial charge in [0, 0.05) is 52.6 Å². The fourth-order valence-corrected chi connectivity index (χ4v) is 5.86. The maximum absolute atomic E-state index is 14.4. The molecule has 9 heteroatoms. The van der Waals surface area contributed by atoms with E-state index in [1.807, 2.05) is 77.8 Å². The van der Waals surface area contributed by atoms with E-state index in [0.717, 1.165) is 51.6 Å². The molecule has 5 rings (SSSR count). The largest absolute Gasteiger partial charge is 0.494 e. The Labute approximate surface area is 251 Å². The van der Waals surface area contributed by atoms with E-state index in [-0.39, 0.29) is 12.5 Å². The number of aliphatic imine (C=N–C) groups is 1. The van der Waals surface area contributed by atoms with Gasteiger partial charge in [-0.15, -0.1) is 0 Å². The molecule has 0 saturated carbocycles. The molecule has 2 heterocycles. The first-order chi connectivity index (χ1) is 19.5. The molecule has 0 unspecified atom stereocenters. The van der Waals surface area contributed by atoms with Gasteiger partial charge in [0.15, 0.2) is 11.6 Å². The SMILES string of the molecule is O=C(NN1CCCCC1)[C@@]1(Cc2ccc(Br)cc2)N=C(c2ccc(OCCCO)cc2)O[C@H]1c1ccccc1Br. The number of rotatable bonds is 10. The highest BCUT2D eigenvalue weighted by Gasteiger charge is 2.54. The van der Waals surface area contributed by atoms with Crippen molar-refractivity contribution in [3.63, 3.8) is 0 Å². The fraction of sp³-hybridized carbons (Fsp3) is 0.355. The standard InChI is InChI=1S/C31H33Br2N3O4/c32-24-13-9-22(10-14-24)21-31(30(38)35-36-17-4-1-5-18-36)28(26-7-2-3-8-27(26)33)40-29(34-31)23-11-15-25(16-12-23)39-20-6-19-37/h2-3,7-16,28,37H,1,4-6,17-21H2,(H,35,38)/t28-,31-/m0/s1. The second-order valence-electron chi connectivity index (χ2n) is 10.1. The summed E-state index contributed by atoms with van der Waals surface area (Å²) in [6.07, 6.45) is 3.53. The molecular weight excluding hydrogens is 638 g/mol. The average molecular weight is 671 g/mol. The second-order valence-corrected chi connectivity index (χ2v) is 11.9. The number of aliphatic hydroxyl groups is 1. The lowest BCUT2D eigenvalue weighted by Crippen LogP contribution is -2.56. The van der Waals surface area contributed by atoms with E-state index in [4.69, 9.17) is 19.6 Å². The van der Waals surface area contributed by atoms with Crippen molar-refractivity contribution in [1.29, 1.82) is 0 Å². The summed E-state index contributed by atoms with van der Waals surface area (Å²) in [5, 5.41) is 11.0. The minimum atomic E-state index is -1.25. The normalized spacial score (nSPS) is 21.0. The number of hydrogen-bond donors (Lipinski definition) is 2. The molecule has 2 N–H and O–H groups in total. The predicted molar refractivity (Wildman–Crippen MR) is 162 cm³/mol. The zero-order valence-electron chi connectivity index (χ0n) is 22.2. The summed E-state index contributed by atoms with van der Waals surface area (Å²) in [7, 11) is 0. The van der Waals surface area contributed by atoms with Crippen molar-refractivity contribution >= 4 is 43.7 Å². The van der Waals surface area contributed by atoms with Crippen molar-refractivity contribution in [2.75, 3.05) is 26.3 Å². The number of carbonyl (C=O) groups is 1. The quantitative estimate of drug-likeness (QED) is 0.259. The van der Waals surface area contributed by atoms with E-state index >= 15 is 0 Å². The zero-order chi connectivity index (χ0) is 28.0. The Morgan fingerprint density at radius 3 is 2.45 bits per heavy atom. The maximum atomic E-state index is 14.4. The van der Waals surface area contributed by atoms with Crippen molar-refractivity contribution in [3.8, 4) is 5.75 Å². The van der Waals surface area contributed by atoms with E-state index in [0.29, 0.717) is 31.1 Å². The van der Waals surface area contributed by atoms with Gasteiger partial charge in [-0.3, -0.25) is 10.2 Å². The number of nitrogens with zero attached hydrogens (tertiary/aromatic N) is 2. The van der Waals surface area contributed by atoms with Crippen molar-refractivity contribution in [3.05, 3.63) is 98.4 Å². The minimum Gasteiger partial charge on any atom is -0.494 e. The summed E-state index contributed by atoms with van der Waals surface area (Å²) in [5.41, 5.74) is 4.55. The Morgan fingerprint density at radius 1 is 1.02 bits per heavy atom. The van der Waals surface area contributed by atoms with Crippen LogP contribution in [0.4, 0.5) is 0 Å². The highest BCUT2D eigenvalue weighted by Crippen LogP contribution is 2.44. The Balaban J connectivity index is 1.56. The number of ether oxygens (including phenoxy) is 2. The first-order valence-electron chi connectivity index (χ1n) is 13.6. The molecule has 40 heavy (non-hydrogen) atoms. The number of hydrogen-bond acceptors (Lipinski definition) is 6. The summed E-state index contributed by atoms with van der Waals surface area (Å²) in [6, 6.07) is 23.3. The van der Waals surface area contributed by atoms with Crippen LogP contribution in [0.2, 0.25) is 0 Å². The lowest BCUT2D eigenvalue weighted by Gasteiger charge is -2.35. The Hall–Kier alpha value is -2.72. The number of carbonyl (C=O) groups excluding carboxylic acids is 1. The molecular formula is C31H33Br2N3O4. The predicted octanol–water partition coefficient (Wildman–Crippen LogP) is 5.99. The summed E-state index contributed by atoms with van der Waals surface area (Å²) in [4.78, 5) is 19.5. The molecule has 1 fully saturated rings. The molecule has 0 spiro atoms. The Bertz CT molecular complexity index is 1330. The number of nitrogens with one attached hydrogen (secondary N) is 1. The molecule has 1 amide bonds. The van der Waals surface area contributed by atoms with E-state index in [9.17, 15) is 4.79 Å². The Morgan fingerprint density at radius 2 is 1.75 bits per heavy atom. The van der Waals surface area contributed by atoms with Gasteiger partial charge in [-0.05, 0) is 60.9 Å². The first kappa shape index (κ1) is 28.8. The van der Waals surface area contributed by atoms with Gasteiger partial charge in [-0.25, -0.2) is 10.0 Å². The van der Waals surface area contributed by atoms with Gasteiger partial charge in [-0.2, -0.15) is 0 Å². The van der Waals surface area contributed by atoms with Crippen LogP contribution < -0.4 is 10.2 Å². The number of aliphatic hydroxyl groups excluding tert-OH is 1. The van der Waals surface area contributed by atoms with Crippen LogP contribution in [0.5, 0.6) is 5.75 Å². The minimum absolute atomic E-state index is 0.0824. The molecule has 1 saturated heterocycles. The van der Waals surface area contributed by atoms with Gasteiger partial charge in [-0.1, -0.05) is 68.6 Å². The summed E-state index contributed by atoms with van der Waals surface area (Å²) >= 11 is 7.23. The maximum Gasteiger partial charge on any atom is 0.266 e. The van der Waals surface area contributed by atoms with Crippen LogP contribution in [0.15, 0.2) is 86.7 Å². The number of piperidine rings is 1. The third-order valence-corrected chi connectivity index (χ3v) is 8.47. The lowest BCUT2D eigenvalue weighted by atomic mass is 9.82. The van der Waals surface area contributed by atoms with Crippen LogP contribution in [-0.4, -0.2) is 53.8 Å². The van der Waals surface area contributed by atoms with Crippen molar-refractivity contribution < 1.29 is 19.4 Å². The van der Waals surface area contributed by atoms with Crippen LogP contribution in [0.25, 0.3) is 0 Å². The molecule has 210 valence electrons. The first-order valence-corrected chi connectivity index (χ1v) is 15.2. The van der Waals surface area contributed by atoms with Crippen molar-refractivity contribution in [1.82, 2.24) is 10.4 Å². The fourth-order valence-electron chi connectivity index (χ4n) is 5.11. The van der Waals surface area contributed by atoms with Gasteiger partial charge >= 0.3 is 0 Å². The molecule has 3 aromatic carbocycles. The van der Waals surface area contributed by atoms with E-state index in [1.165, 1.54) is 6.42 Å².